The van der Waals surface area contributed by atoms with E-state index in [9.17, 15) is 14.3 Å². The second-order valence-corrected chi connectivity index (χ2v) is 5.02. The topological polar surface area (TPSA) is 46.5 Å². The molecule has 0 saturated heterocycles. The Morgan fingerprint density at radius 2 is 2.32 bits per heavy atom. The zero-order valence-corrected chi connectivity index (χ0v) is 11.3. The van der Waals surface area contributed by atoms with Gasteiger partial charge in [-0.25, -0.2) is 4.39 Å². The van der Waals surface area contributed by atoms with Gasteiger partial charge in [-0.2, -0.15) is 0 Å². The number of carbonyl (C=O) groups is 1. The third kappa shape index (κ3) is 2.37. The number of carbonyl (C=O) groups excluding carboxylic acids is 1. The average Bonchev–Trinajstić information content (AvgIpc) is 2.39. The van der Waals surface area contributed by atoms with Gasteiger partial charge in [0.05, 0.1) is 12.5 Å². The van der Waals surface area contributed by atoms with E-state index in [1.54, 1.807) is 26.0 Å². The summed E-state index contributed by atoms with van der Waals surface area (Å²) in [6, 6.07) is 4.66. The molecule has 0 spiro atoms. The van der Waals surface area contributed by atoms with Crippen LogP contribution in [0.5, 0.6) is 0 Å². The molecular weight excluding hydrogens is 247 g/mol. The molecule has 0 unspecified atom stereocenters. The summed E-state index contributed by atoms with van der Waals surface area (Å²) in [6.07, 6.45) is 1.71. The lowest BCUT2D eigenvalue weighted by atomic mass is 9.72. The van der Waals surface area contributed by atoms with E-state index in [0.717, 1.165) is 0 Å². The minimum absolute atomic E-state index is 0.273. The highest BCUT2D eigenvalue weighted by atomic mass is 19.1. The molecule has 1 aliphatic carbocycles. The van der Waals surface area contributed by atoms with Crippen LogP contribution in [0.25, 0.3) is 0 Å². The Morgan fingerprint density at radius 1 is 1.58 bits per heavy atom. The summed E-state index contributed by atoms with van der Waals surface area (Å²) in [5, 5.41) is 10.8. The summed E-state index contributed by atoms with van der Waals surface area (Å²) < 4.78 is 18.8. The normalized spacial score (nSPS) is 23.6. The second kappa shape index (κ2) is 5.29. The van der Waals surface area contributed by atoms with Crippen molar-refractivity contribution in [1.82, 2.24) is 0 Å². The Balaban J connectivity index is 2.41. The zero-order chi connectivity index (χ0) is 14.0. The van der Waals surface area contributed by atoms with Crippen LogP contribution >= 0.6 is 0 Å². The summed E-state index contributed by atoms with van der Waals surface area (Å²) in [7, 11) is 0. The predicted octanol–water partition coefficient (Wildman–Crippen LogP) is 2.55. The SMILES string of the molecule is CCOC(=O)[C@@H](C)[C@]1(O)CCCc2c(F)cccc21. The summed E-state index contributed by atoms with van der Waals surface area (Å²) >= 11 is 0. The predicted molar refractivity (Wildman–Crippen MR) is 69.0 cm³/mol. The molecule has 3 nitrogen and oxygen atoms in total. The molecule has 2 rings (SSSR count). The van der Waals surface area contributed by atoms with Crippen LogP contribution in [-0.4, -0.2) is 17.7 Å². The maximum atomic E-state index is 13.8. The molecule has 0 bridgehead atoms. The van der Waals surface area contributed by atoms with Crippen molar-refractivity contribution in [2.75, 3.05) is 6.61 Å². The number of rotatable bonds is 3. The van der Waals surface area contributed by atoms with Crippen molar-refractivity contribution in [3.63, 3.8) is 0 Å². The van der Waals surface area contributed by atoms with Gasteiger partial charge in [0.15, 0.2) is 0 Å². The summed E-state index contributed by atoms with van der Waals surface area (Å²) in [4.78, 5) is 11.9. The first-order chi connectivity index (χ1) is 9.00. The summed E-state index contributed by atoms with van der Waals surface area (Å²) in [5.74, 6) is -1.46. The van der Waals surface area contributed by atoms with Crippen LogP contribution < -0.4 is 0 Å². The number of benzene rings is 1. The Bertz CT molecular complexity index is 486. The molecule has 104 valence electrons. The van der Waals surface area contributed by atoms with Gasteiger partial charge in [-0.1, -0.05) is 12.1 Å². The third-order valence-corrected chi connectivity index (χ3v) is 3.93. The van der Waals surface area contributed by atoms with E-state index in [1.807, 2.05) is 0 Å². The number of esters is 1. The first kappa shape index (κ1) is 14.0. The Kier molecular flexibility index (Phi) is 3.90. The number of ether oxygens (including phenoxy) is 1. The fourth-order valence-electron chi connectivity index (χ4n) is 2.80. The molecule has 2 atom stereocenters. The van der Waals surface area contributed by atoms with E-state index >= 15 is 0 Å². The van der Waals surface area contributed by atoms with Crippen LogP contribution in [0.1, 0.15) is 37.8 Å². The van der Waals surface area contributed by atoms with Crippen LogP contribution in [0.2, 0.25) is 0 Å². The molecule has 19 heavy (non-hydrogen) atoms. The fraction of sp³-hybridized carbons (Fsp3) is 0.533. The van der Waals surface area contributed by atoms with Gasteiger partial charge in [0.2, 0.25) is 0 Å². The van der Waals surface area contributed by atoms with Gasteiger partial charge in [0.25, 0.3) is 0 Å². The van der Waals surface area contributed by atoms with Crippen LogP contribution in [0.15, 0.2) is 18.2 Å². The zero-order valence-electron chi connectivity index (χ0n) is 11.3. The largest absolute Gasteiger partial charge is 0.466 e. The van der Waals surface area contributed by atoms with Gasteiger partial charge in [0, 0.05) is 0 Å². The smallest absolute Gasteiger partial charge is 0.311 e. The molecule has 1 N–H and O–H groups in total. The minimum Gasteiger partial charge on any atom is -0.466 e. The number of aliphatic hydroxyl groups is 1. The second-order valence-electron chi connectivity index (χ2n) is 5.02. The van der Waals surface area contributed by atoms with Gasteiger partial charge in [-0.15, -0.1) is 0 Å². The lowest BCUT2D eigenvalue weighted by Crippen LogP contribution is -2.42. The van der Waals surface area contributed by atoms with Crippen molar-refractivity contribution in [2.45, 2.75) is 38.7 Å². The maximum Gasteiger partial charge on any atom is 0.311 e. The van der Waals surface area contributed by atoms with Crippen molar-refractivity contribution in [3.05, 3.63) is 35.1 Å². The van der Waals surface area contributed by atoms with E-state index < -0.39 is 17.5 Å². The Labute approximate surface area is 112 Å². The van der Waals surface area contributed by atoms with Crippen molar-refractivity contribution in [3.8, 4) is 0 Å². The highest BCUT2D eigenvalue weighted by molar-refractivity contribution is 5.74. The van der Waals surface area contributed by atoms with Crippen molar-refractivity contribution < 1.29 is 19.0 Å². The van der Waals surface area contributed by atoms with E-state index in [4.69, 9.17) is 4.74 Å². The molecule has 0 heterocycles. The molecule has 0 radical (unpaired) electrons. The lowest BCUT2D eigenvalue weighted by molar-refractivity contribution is -0.159. The minimum atomic E-state index is -1.33. The first-order valence-corrected chi connectivity index (χ1v) is 6.67. The van der Waals surface area contributed by atoms with Crippen molar-refractivity contribution in [2.24, 2.45) is 5.92 Å². The van der Waals surface area contributed by atoms with Crippen molar-refractivity contribution >= 4 is 5.97 Å². The molecule has 0 aliphatic heterocycles. The third-order valence-electron chi connectivity index (χ3n) is 3.93. The van der Waals surface area contributed by atoms with Gasteiger partial charge >= 0.3 is 5.97 Å². The summed E-state index contributed by atoms with van der Waals surface area (Å²) in [5.41, 5.74) is -0.284. The Hall–Kier alpha value is -1.42. The van der Waals surface area contributed by atoms with Crippen LogP contribution in [-0.2, 0) is 21.6 Å². The molecule has 0 aromatic heterocycles. The number of hydrogen-bond acceptors (Lipinski definition) is 3. The average molecular weight is 266 g/mol. The molecule has 1 aliphatic rings. The lowest BCUT2D eigenvalue weighted by Gasteiger charge is -2.38. The highest BCUT2D eigenvalue weighted by Gasteiger charge is 2.44. The molecule has 0 saturated carbocycles. The van der Waals surface area contributed by atoms with E-state index in [-0.39, 0.29) is 12.4 Å². The van der Waals surface area contributed by atoms with Gasteiger partial charge in [0.1, 0.15) is 11.4 Å². The van der Waals surface area contributed by atoms with Crippen LogP contribution in [0, 0.1) is 11.7 Å². The van der Waals surface area contributed by atoms with Gasteiger partial charge in [-0.05, 0) is 50.3 Å². The molecule has 1 aromatic carbocycles. The highest BCUT2D eigenvalue weighted by Crippen LogP contribution is 2.41. The molecular formula is C15H19FO3. The fourth-order valence-corrected chi connectivity index (χ4v) is 2.80. The standard InChI is InChI=1S/C15H19FO3/c1-3-19-14(17)10(2)15(18)9-5-6-11-12(15)7-4-8-13(11)16/h4,7-8,10,18H,3,5-6,9H2,1-2H3/t10-,15-/m1/s1. The molecule has 1 aromatic rings. The van der Waals surface area contributed by atoms with E-state index in [2.05, 4.69) is 0 Å². The van der Waals surface area contributed by atoms with Crippen LogP contribution in [0.4, 0.5) is 4.39 Å². The van der Waals surface area contributed by atoms with Gasteiger partial charge < -0.3 is 9.84 Å². The quantitative estimate of drug-likeness (QED) is 0.855. The monoisotopic (exact) mass is 266 g/mol. The molecule has 0 fully saturated rings. The molecule has 0 amide bonds. The molecule has 4 heteroatoms. The van der Waals surface area contributed by atoms with Crippen LogP contribution in [0.3, 0.4) is 0 Å². The van der Waals surface area contributed by atoms with E-state index in [0.29, 0.717) is 30.4 Å². The number of halogens is 1. The summed E-state index contributed by atoms with van der Waals surface area (Å²) in [6.45, 7) is 3.64. The first-order valence-electron chi connectivity index (χ1n) is 6.67. The number of hydrogen-bond donors (Lipinski definition) is 1. The number of fused-ring (bicyclic) bond motifs is 1. The van der Waals surface area contributed by atoms with Crippen molar-refractivity contribution in [1.29, 1.82) is 0 Å². The van der Waals surface area contributed by atoms with E-state index in [1.165, 1.54) is 6.07 Å². The van der Waals surface area contributed by atoms with Gasteiger partial charge in [-0.3, -0.25) is 4.79 Å². The Morgan fingerprint density at radius 3 is 3.00 bits per heavy atom. The maximum absolute atomic E-state index is 13.8.